The summed E-state index contributed by atoms with van der Waals surface area (Å²) in [5.74, 6) is 0. The number of unbranched alkanes of at least 4 members (excludes halogenated alkanes) is 1. The summed E-state index contributed by atoms with van der Waals surface area (Å²) in [6, 6.07) is 0. The van der Waals surface area contributed by atoms with Crippen LogP contribution < -0.4 is 0 Å². The van der Waals surface area contributed by atoms with Crippen LogP contribution in [0, 0.1) is 0 Å². The Morgan fingerprint density at radius 1 is 1.33 bits per heavy atom. The van der Waals surface area contributed by atoms with Gasteiger partial charge in [-0.2, -0.15) is 13.2 Å². The zero-order valence-electron chi connectivity index (χ0n) is 6.48. The summed E-state index contributed by atoms with van der Waals surface area (Å²) < 4.78 is 55.9. The lowest BCUT2D eigenvalue weighted by Gasteiger charge is -2.06. The molecule has 0 rings (SSSR count). The van der Waals surface area contributed by atoms with Crippen LogP contribution in [-0.4, -0.2) is 20.1 Å². The lowest BCUT2D eigenvalue weighted by atomic mass is 10.4. The van der Waals surface area contributed by atoms with Gasteiger partial charge in [0.15, 0.2) is 0 Å². The highest BCUT2D eigenvalue weighted by atomic mass is 32.8. The molecule has 1 unspecified atom stereocenters. The second kappa shape index (κ2) is 4.42. The second-order valence-electron chi connectivity index (χ2n) is 2.20. The smallest absolute Gasteiger partial charge is 0.216 e. The van der Waals surface area contributed by atoms with E-state index in [0.29, 0.717) is 12.8 Å². The molecule has 2 nitrogen and oxygen atoms in total. The third-order valence-corrected chi connectivity index (χ3v) is 5.12. The van der Waals surface area contributed by atoms with E-state index in [2.05, 4.69) is 0 Å². The average Bonchev–Trinajstić information content (AvgIpc) is 1.85. The molecule has 0 fully saturated rings. The molecule has 7 heteroatoms. The first kappa shape index (κ1) is 12.2. The van der Waals surface area contributed by atoms with Crippen LogP contribution in [-0.2, 0) is 9.46 Å². The first-order chi connectivity index (χ1) is 5.31. The van der Waals surface area contributed by atoms with Crippen molar-refractivity contribution in [3.8, 4) is 0 Å². The van der Waals surface area contributed by atoms with Gasteiger partial charge in [0.2, 0.25) is 0 Å². The van der Waals surface area contributed by atoms with E-state index in [1.165, 1.54) is 0 Å². The van der Waals surface area contributed by atoms with E-state index < -0.39 is 22.7 Å². The predicted octanol–water partition coefficient (Wildman–Crippen LogP) is 2.31. The van der Waals surface area contributed by atoms with E-state index in [4.69, 9.17) is 0 Å². The molecule has 0 aliphatic rings. The van der Waals surface area contributed by atoms with Crippen molar-refractivity contribution in [2.45, 2.75) is 25.3 Å². The highest BCUT2D eigenvalue weighted by Gasteiger charge is 2.44. The van der Waals surface area contributed by atoms with E-state index in [9.17, 15) is 21.6 Å². The maximum Gasteiger partial charge on any atom is 0.500 e. The Morgan fingerprint density at radius 2 is 1.83 bits per heavy atom. The molecule has 0 saturated heterocycles. The molecule has 0 spiro atoms. The average molecular weight is 222 g/mol. The molecule has 1 atom stereocenters. The molecule has 0 heterocycles. The topological polar surface area (TPSA) is 34.1 Å². The van der Waals surface area contributed by atoms with Crippen LogP contribution in [0.5, 0.6) is 0 Å². The summed E-state index contributed by atoms with van der Waals surface area (Å²) in [6.45, 7) is 1.80. The molecular formula is C5H10F3O2PS. The Labute approximate surface area is 71.0 Å². The fourth-order valence-corrected chi connectivity index (χ4v) is 3.13. The molecule has 12 heavy (non-hydrogen) atoms. The molecule has 0 aromatic carbocycles. The van der Waals surface area contributed by atoms with E-state index in [0.717, 1.165) is 0 Å². The van der Waals surface area contributed by atoms with Gasteiger partial charge < -0.3 is 0 Å². The Bertz CT molecular complexity index is 221. The van der Waals surface area contributed by atoms with Crippen molar-refractivity contribution >= 4 is 17.2 Å². The molecule has 0 aliphatic heterocycles. The highest BCUT2D eigenvalue weighted by molar-refractivity contribution is 8.44. The van der Waals surface area contributed by atoms with E-state index in [1.54, 1.807) is 6.92 Å². The van der Waals surface area contributed by atoms with Crippen molar-refractivity contribution in [2.24, 2.45) is 0 Å². The van der Waals surface area contributed by atoms with Gasteiger partial charge in [-0.1, -0.05) is 13.3 Å². The van der Waals surface area contributed by atoms with Gasteiger partial charge >= 0.3 is 5.51 Å². The van der Waals surface area contributed by atoms with Gasteiger partial charge in [-0.15, -0.1) is 0 Å². The van der Waals surface area contributed by atoms with E-state index >= 15 is 0 Å². The van der Waals surface area contributed by atoms with Crippen LogP contribution in [0.25, 0.3) is 0 Å². The maximum absolute atomic E-state index is 11.7. The van der Waals surface area contributed by atoms with Crippen LogP contribution in [0.1, 0.15) is 19.8 Å². The van der Waals surface area contributed by atoms with Gasteiger partial charge in [-0.25, -0.2) is 8.42 Å². The van der Waals surface area contributed by atoms with Crippen molar-refractivity contribution in [1.29, 1.82) is 0 Å². The summed E-state index contributed by atoms with van der Waals surface area (Å²) >= 11 is 0. The normalized spacial score (nSPS) is 14.3. The number of halogens is 3. The van der Waals surface area contributed by atoms with Gasteiger partial charge in [0.25, 0.3) is 9.46 Å². The SMILES string of the molecule is CCCCPS(=O)(=O)C(F)(F)F. The summed E-state index contributed by atoms with van der Waals surface area (Å²) in [5, 5.41) is 0. The lowest BCUT2D eigenvalue weighted by molar-refractivity contribution is -0.0411. The van der Waals surface area contributed by atoms with Crippen LogP contribution in [0.15, 0.2) is 0 Å². The summed E-state index contributed by atoms with van der Waals surface area (Å²) in [6.07, 6.45) is 1.34. The number of hydrogen-bond donors (Lipinski definition) is 0. The minimum absolute atomic E-state index is 0.109. The highest BCUT2D eigenvalue weighted by Crippen LogP contribution is 2.37. The third-order valence-electron chi connectivity index (χ3n) is 1.13. The van der Waals surface area contributed by atoms with Crippen LogP contribution in [0.3, 0.4) is 0 Å². The first-order valence-corrected chi connectivity index (χ1v) is 6.78. The standard InChI is InChI=1S/C5H10F3O2PS/c1-2-3-4-11-12(9,10)5(6,7)8/h11H,2-4H2,1H3. The quantitative estimate of drug-likeness (QED) is 0.540. The Hall–Kier alpha value is 0.170. The molecule has 0 radical (unpaired) electrons. The Balaban J connectivity index is 4.08. The number of rotatable bonds is 4. The molecule has 0 amide bonds. The van der Waals surface area contributed by atoms with Crippen LogP contribution in [0.4, 0.5) is 13.2 Å². The van der Waals surface area contributed by atoms with Crippen LogP contribution in [0.2, 0.25) is 0 Å². The summed E-state index contributed by atoms with van der Waals surface area (Å²) in [5.41, 5.74) is -5.07. The fourth-order valence-electron chi connectivity index (χ4n) is 0.465. The minimum atomic E-state index is -5.07. The van der Waals surface area contributed by atoms with Gasteiger partial charge in [0, 0.05) is 7.78 Å². The molecular weight excluding hydrogens is 212 g/mol. The van der Waals surface area contributed by atoms with Crippen molar-refractivity contribution in [3.63, 3.8) is 0 Å². The van der Waals surface area contributed by atoms with Gasteiger partial charge in [0.05, 0.1) is 0 Å². The zero-order valence-corrected chi connectivity index (χ0v) is 8.30. The first-order valence-electron chi connectivity index (χ1n) is 3.37. The molecule has 0 aliphatic carbocycles. The van der Waals surface area contributed by atoms with E-state index in [-0.39, 0.29) is 6.16 Å². The minimum Gasteiger partial charge on any atom is -0.216 e. The summed E-state index contributed by atoms with van der Waals surface area (Å²) in [4.78, 5) is 0. The lowest BCUT2D eigenvalue weighted by Crippen LogP contribution is -2.18. The van der Waals surface area contributed by atoms with Crippen molar-refractivity contribution in [3.05, 3.63) is 0 Å². The molecule has 0 N–H and O–H groups in total. The number of alkyl halides is 3. The fraction of sp³-hybridized carbons (Fsp3) is 1.00. The van der Waals surface area contributed by atoms with Gasteiger partial charge in [-0.3, -0.25) is 0 Å². The van der Waals surface area contributed by atoms with E-state index in [1.807, 2.05) is 0 Å². The zero-order chi connectivity index (χ0) is 9.83. The molecule has 74 valence electrons. The van der Waals surface area contributed by atoms with Crippen molar-refractivity contribution < 1.29 is 21.6 Å². The number of hydrogen-bond acceptors (Lipinski definition) is 2. The Kier molecular flexibility index (Phi) is 4.48. The van der Waals surface area contributed by atoms with Gasteiger partial charge in [-0.05, 0) is 12.6 Å². The predicted molar refractivity (Wildman–Crippen MR) is 43.1 cm³/mol. The van der Waals surface area contributed by atoms with Crippen molar-refractivity contribution in [1.82, 2.24) is 0 Å². The van der Waals surface area contributed by atoms with Crippen LogP contribution >= 0.6 is 7.78 Å². The monoisotopic (exact) mass is 222 g/mol. The largest absolute Gasteiger partial charge is 0.500 e. The Morgan fingerprint density at radius 3 is 2.17 bits per heavy atom. The maximum atomic E-state index is 11.7. The molecule has 0 bridgehead atoms. The second-order valence-corrected chi connectivity index (χ2v) is 6.93. The molecule has 0 aromatic rings. The van der Waals surface area contributed by atoms with Gasteiger partial charge in [0.1, 0.15) is 0 Å². The molecule has 0 saturated carbocycles. The summed E-state index contributed by atoms with van der Waals surface area (Å²) in [7, 11) is -5.88. The van der Waals surface area contributed by atoms with Crippen molar-refractivity contribution in [2.75, 3.05) is 6.16 Å². The molecule has 0 aromatic heterocycles. The third kappa shape index (κ3) is 3.72.